The van der Waals surface area contributed by atoms with E-state index in [2.05, 4.69) is 5.32 Å². The topological polar surface area (TPSA) is 190 Å². The fourth-order valence-corrected chi connectivity index (χ4v) is 7.02. The second-order valence-electron chi connectivity index (χ2n) is 10.0. The van der Waals surface area contributed by atoms with Gasteiger partial charge in [-0.15, -0.1) is 0 Å². The molecule has 2 rings (SSSR count). The molecule has 1 saturated heterocycles. The summed E-state index contributed by atoms with van der Waals surface area (Å²) in [6.45, 7) is 0.652. The summed E-state index contributed by atoms with van der Waals surface area (Å²) in [7, 11) is 1.68. The summed E-state index contributed by atoms with van der Waals surface area (Å²) in [6.07, 6.45) is 2.04. The largest absolute Gasteiger partial charge is 1.00 e. The molecule has 0 spiro atoms. The summed E-state index contributed by atoms with van der Waals surface area (Å²) in [5.41, 5.74) is 0.898. The molecule has 1 heterocycles. The van der Waals surface area contributed by atoms with E-state index in [0.29, 0.717) is 56.6 Å². The molecule has 0 aromatic heterocycles. The van der Waals surface area contributed by atoms with E-state index in [4.69, 9.17) is 4.74 Å². The number of hydrogen-bond acceptors (Lipinski definition) is 13. The van der Waals surface area contributed by atoms with Crippen molar-refractivity contribution in [1.29, 1.82) is 0 Å². The molecule has 2 atom stereocenters. The average molecular weight is 715 g/mol. The van der Waals surface area contributed by atoms with E-state index >= 15 is 0 Å². The Morgan fingerprint density at radius 2 is 1.54 bits per heavy atom. The van der Waals surface area contributed by atoms with Gasteiger partial charge in [-0.3, -0.25) is 29.3 Å². The molecule has 1 aromatic rings. The minimum Gasteiger partial charge on any atom is -0.550 e. The number of imide groups is 1. The maximum atomic E-state index is 12.6. The Bertz CT molecular complexity index is 1190. The molecule has 2 unspecified atom stereocenters. The third kappa shape index (κ3) is 19.7. The van der Waals surface area contributed by atoms with E-state index in [1.54, 1.807) is 24.1 Å². The van der Waals surface area contributed by atoms with Crippen LogP contribution in [0.2, 0.25) is 0 Å². The number of nitrogens with zero attached hydrogens (tertiary/aromatic N) is 1. The van der Waals surface area contributed by atoms with Crippen LogP contribution in [-0.2, 0) is 35.2 Å². The predicted octanol–water partition coefficient (Wildman–Crippen LogP) is -4.68. The second kappa shape index (κ2) is 25.0. The van der Waals surface area contributed by atoms with Gasteiger partial charge in [0.05, 0.1) is 11.8 Å². The van der Waals surface area contributed by atoms with Gasteiger partial charge in [-0.2, -0.15) is 0 Å². The van der Waals surface area contributed by atoms with Crippen molar-refractivity contribution in [2.75, 3.05) is 26.0 Å². The summed E-state index contributed by atoms with van der Waals surface area (Å²) in [5, 5.41) is 22.0. The van der Waals surface area contributed by atoms with Crippen molar-refractivity contribution < 1.29 is 108 Å². The fraction of sp³-hybridized carbons (Fsp3) is 0.552. The first-order valence-electron chi connectivity index (χ1n) is 14.1. The standard InChI is InChI=1S/C29H38N2O10S3.2Na/c1-31(15-16-41-20-8-6-19(7-9-20)18-22-28(39)30-29(40)44-22)23(32)5-3-2-4-21(43-27(38)13-11-25(35)36)14-17-42-26(37)12-10-24(33)34;;/h6-9,21-22H,2-5,10-18H2,1H3,(H,33,34)(H,35,36)(H,30,39,40);;/q;2*+1/p-2. The van der Waals surface area contributed by atoms with Crippen molar-refractivity contribution in [1.82, 2.24) is 10.2 Å². The summed E-state index contributed by atoms with van der Waals surface area (Å²) in [6, 6.07) is 7.21. The number of carbonyl (C=O) groups is 7. The van der Waals surface area contributed by atoms with Crippen LogP contribution in [0, 0.1) is 0 Å². The van der Waals surface area contributed by atoms with Gasteiger partial charge < -0.3 is 29.4 Å². The van der Waals surface area contributed by atoms with Gasteiger partial charge >= 0.3 is 59.1 Å². The van der Waals surface area contributed by atoms with Crippen molar-refractivity contribution in [2.45, 2.75) is 74.7 Å². The Kier molecular flexibility index (Phi) is 24.4. The van der Waals surface area contributed by atoms with E-state index in [9.17, 15) is 43.8 Å². The number of rotatable bonds is 21. The van der Waals surface area contributed by atoms with Crippen molar-refractivity contribution in [3.05, 3.63) is 29.8 Å². The number of unbranched alkanes of at least 4 members (excludes halogenated alkanes) is 1. The molecule has 0 aliphatic carbocycles. The van der Waals surface area contributed by atoms with Crippen LogP contribution in [0.5, 0.6) is 5.75 Å². The van der Waals surface area contributed by atoms with E-state index in [1.807, 2.05) is 12.1 Å². The number of hydrogen-bond donors (Lipinski definition) is 1. The van der Waals surface area contributed by atoms with Gasteiger partial charge in [0.1, 0.15) is 12.4 Å². The molecule has 242 valence electrons. The van der Waals surface area contributed by atoms with Crippen molar-refractivity contribution in [3.63, 3.8) is 0 Å². The first-order valence-corrected chi connectivity index (χ1v) is 16.9. The molecular weight excluding hydrogens is 679 g/mol. The predicted molar refractivity (Wildman–Crippen MR) is 164 cm³/mol. The number of benzene rings is 1. The molecule has 1 aliphatic rings. The molecule has 0 bridgehead atoms. The van der Waals surface area contributed by atoms with Gasteiger partial charge in [-0.1, -0.05) is 53.8 Å². The molecular formula is C29H36N2Na2O10S3. The van der Waals surface area contributed by atoms with Crippen LogP contribution in [0.4, 0.5) is 4.79 Å². The normalized spacial score (nSPS) is 14.3. The van der Waals surface area contributed by atoms with Crippen molar-refractivity contribution in [3.8, 4) is 5.75 Å². The molecule has 12 nitrogen and oxygen atoms in total. The van der Waals surface area contributed by atoms with E-state index in [1.165, 1.54) is 0 Å². The number of carboxylic acid groups (broad SMARTS) is 2. The smallest absolute Gasteiger partial charge is 0.550 e. The van der Waals surface area contributed by atoms with Gasteiger partial charge in [0.15, 0.2) is 10.2 Å². The number of nitrogens with one attached hydrogen (secondary N) is 1. The number of amides is 3. The number of thioether (sulfide) groups is 3. The number of carbonyl (C=O) groups excluding carboxylic acids is 7. The number of carboxylic acids is 2. The van der Waals surface area contributed by atoms with Crippen LogP contribution in [0.25, 0.3) is 0 Å². The van der Waals surface area contributed by atoms with Crippen LogP contribution in [-0.4, -0.2) is 80.6 Å². The van der Waals surface area contributed by atoms with E-state index < -0.39 is 17.2 Å². The number of aliphatic carboxylic acids is 2. The zero-order chi connectivity index (χ0) is 32.5. The van der Waals surface area contributed by atoms with Crippen LogP contribution in [0.3, 0.4) is 0 Å². The minimum atomic E-state index is -1.30. The van der Waals surface area contributed by atoms with Gasteiger partial charge in [0.2, 0.25) is 11.8 Å². The molecule has 1 aliphatic heterocycles. The molecule has 1 aromatic carbocycles. The zero-order valence-corrected chi connectivity index (χ0v) is 32.9. The third-order valence-corrected chi connectivity index (χ3v) is 9.69. The molecule has 3 amide bonds. The SMILES string of the molecule is CN(CCOc1ccc(CC2SC(=O)NC2=O)cc1)C(=O)CCCCC(CCSC(=O)CCC(=O)[O-])SC(=O)CCC(=O)[O-].[Na+].[Na+]. The molecule has 0 radical (unpaired) electrons. The van der Waals surface area contributed by atoms with Crippen LogP contribution < -0.4 is 79.4 Å². The molecule has 1 fully saturated rings. The van der Waals surface area contributed by atoms with Gasteiger partial charge in [0, 0.05) is 49.3 Å². The summed E-state index contributed by atoms with van der Waals surface area (Å²) in [4.78, 5) is 82.4. The first-order chi connectivity index (χ1) is 20.9. The first kappa shape index (κ1) is 45.0. The summed E-state index contributed by atoms with van der Waals surface area (Å²) >= 11 is 3.01. The monoisotopic (exact) mass is 714 g/mol. The Morgan fingerprint density at radius 3 is 2.13 bits per heavy atom. The zero-order valence-electron chi connectivity index (χ0n) is 26.4. The third-order valence-electron chi connectivity index (χ3n) is 6.47. The Balaban J connectivity index is 0.0000101. The summed E-state index contributed by atoms with van der Waals surface area (Å²) in [5.74, 6) is -1.94. The quantitative estimate of drug-likeness (QED) is 0.0946. The molecule has 0 saturated carbocycles. The molecule has 17 heteroatoms. The number of likely N-dealkylation sites (N-methyl/N-ethyl adjacent to an activating group) is 1. The second-order valence-corrected chi connectivity index (χ2v) is 13.7. The Morgan fingerprint density at radius 1 is 0.913 bits per heavy atom. The molecule has 1 N–H and O–H groups in total. The average Bonchev–Trinajstić information content (AvgIpc) is 3.29. The Hall–Kier alpha value is -1.04. The van der Waals surface area contributed by atoms with Gasteiger partial charge in [-0.05, 0) is 56.2 Å². The van der Waals surface area contributed by atoms with Crippen LogP contribution >= 0.6 is 35.3 Å². The maximum Gasteiger partial charge on any atom is 1.00 e. The molecule has 46 heavy (non-hydrogen) atoms. The fourth-order valence-electron chi connectivity index (χ4n) is 4.02. The number of ether oxygens (including phenoxy) is 1. The maximum absolute atomic E-state index is 12.6. The van der Waals surface area contributed by atoms with Crippen LogP contribution in [0.15, 0.2) is 24.3 Å². The van der Waals surface area contributed by atoms with Crippen LogP contribution in [0.1, 0.15) is 63.4 Å². The summed E-state index contributed by atoms with van der Waals surface area (Å²) < 4.78 is 5.73. The van der Waals surface area contributed by atoms with E-state index in [0.717, 1.165) is 40.8 Å². The van der Waals surface area contributed by atoms with Gasteiger partial charge in [0.25, 0.3) is 5.24 Å². The van der Waals surface area contributed by atoms with Gasteiger partial charge in [-0.25, -0.2) is 0 Å². The van der Waals surface area contributed by atoms with E-state index in [-0.39, 0.29) is 124 Å². The van der Waals surface area contributed by atoms with Crippen molar-refractivity contribution in [2.24, 2.45) is 0 Å². The van der Waals surface area contributed by atoms with Crippen molar-refractivity contribution >= 4 is 74.5 Å². The Labute approximate surface area is 325 Å². The minimum absolute atomic E-state index is 0.